The van der Waals surface area contributed by atoms with E-state index in [9.17, 15) is 14.0 Å². The third kappa shape index (κ3) is 3.59. The lowest BCUT2D eigenvalue weighted by molar-refractivity contribution is -0.142. The summed E-state index contributed by atoms with van der Waals surface area (Å²) in [6, 6.07) is 4.19. The van der Waals surface area contributed by atoms with Crippen molar-refractivity contribution in [3.05, 3.63) is 35.6 Å². The Morgan fingerprint density at radius 2 is 2.28 bits per heavy atom. The number of ether oxygens (including phenoxy) is 1. The number of nitrogens with one attached hydrogen (secondary N) is 1. The maximum Gasteiger partial charge on any atom is 0.329 e. The van der Waals surface area contributed by atoms with Crippen LogP contribution < -0.4 is 5.32 Å². The Kier molecular flexibility index (Phi) is 4.88. The molecule has 18 heavy (non-hydrogen) atoms. The average molecular weight is 249 g/mol. The van der Waals surface area contributed by atoms with Gasteiger partial charge in [0.2, 0.25) is 0 Å². The average Bonchev–Trinajstić information content (AvgIpc) is 2.37. The molecule has 94 valence electrons. The van der Waals surface area contributed by atoms with Crippen LogP contribution in [0.1, 0.15) is 16.8 Å². The molecule has 1 atom stereocenters. The number of rotatable bonds is 4. The SMILES string of the molecule is C#CC[C@@H](NC(=O)c1cccc(F)c1)C(=O)OC. The molecule has 1 N–H and O–H groups in total. The Labute approximate surface area is 104 Å². The van der Waals surface area contributed by atoms with Gasteiger partial charge in [0.1, 0.15) is 11.9 Å². The first kappa shape index (κ1) is 13.7. The molecule has 0 aromatic heterocycles. The van der Waals surface area contributed by atoms with E-state index in [2.05, 4.69) is 16.0 Å². The minimum absolute atomic E-state index is 0.00767. The summed E-state index contributed by atoms with van der Waals surface area (Å²) >= 11 is 0. The summed E-state index contributed by atoms with van der Waals surface area (Å²) in [4.78, 5) is 23.1. The summed E-state index contributed by atoms with van der Waals surface area (Å²) in [5.41, 5.74) is 0.112. The van der Waals surface area contributed by atoms with Gasteiger partial charge in [-0.25, -0.2) is 9.18 Å². The molecule has 0 fully saturated rings. The van der Waals surface area contributed by atoms with Crippen LogP contribution in [-0.4, -0.2) is 25.0 Å². The van der Waals surface area contributed by atoms with E-state index >= 15 is 0 Å². The van der Waals surface area contributed by atoms with Crippen LogP contribution in [-0.2, 0) is 9.53 Å². The number of amides is 1. The molecule has 0 unspecified atom stereocenters. The second-order valence-electron chi connectivity index (χ2n) is 3.47. The smallest absolute Gasteiger partial charge is 0.329 e. The zero-order chi connectivity index (χ0) is 13.5. The van der Waals surface area contributed by atoms with Crippen LogP contribution in [0.5, 0.6) is 0 Å². The van der Waals surface area contributed by atoms with E-state index < -0.39 is 23.7 Å². The maximum absolute atomic E-state index is 12.9. The molecule has 0 aliphatic carbocycles. The Bertz CT molecular complexity index is 493. The largest absolute Gasteiger partial charge is 0.467 e. The van der Waals surface area contributed by atoms with Gasteiger partial charge in [-0.15, -0.1) is 12.3 Å². The standard InChI is InChI=1S/C13H12FNO3/c1-3-5-11(13(17)18-2)15-12(16)9-6-4-7-10(14)8-9/h1,4,6-8,11H,5H2,2H3,(H,15,16)/t11-/m1/s1. The zero-order valence-electron chi connectivity index (χ0n) is 9.77. The molecule has 1 aromatic carbocycles. The number of carbonyl (C=O) groups is 2. The number of methoxy groups -OCH3 is 1. The Morgan fingerprint density at radius 3 is 2.83 bits per heavy atom. The summed E-state index contributed by atoms with van der Waals surface area (Å²) in [5.74, 6) is 0.504. The molecular formula is C13H12FNO3. The number of hydrogen-bond donors (Lipinski definition) is 1. The van der Waals surface area contributed by atoms with Gasteiger partial charge in [-0.3, -0.25) is 4.79 Å². The first-order valence-corrected chi connectivity index (χ1v) is 5.16. The quantitative estimate of drug-likeness (QED) is 0.642. The van der Waals surface area contributed by atoms with E-state index in [1.54, 1.807) is 0 Å². The van der Waals surface area contributed by atoms with Crippen molar-refractivity contribution in [2.75, 3.05) is 7.11 Å². The lowest BCUT2D eigenvalue weighted by Crippen LogP contribution is -2.41. The second-order valence-corrected chi connectivity index (χ2v) is 3.47. The molecule has 0 spiro atoms. The van der Waals surface area contributed by atoms with Gasteiger partial charge in [0, 0.05) is 12.0 Å². The number of hydrogen-bond acceptors (Lipinski definition) is 3. The van der Waals surface area contributed by atoms with Gasteiger partial charge in [-0.1, -0.05) is 6.07 Å². The Hall–Kier alpha value is -2.35. The summed E-state index contributed by atoms with van der Waals surface area (Å²) in [6.07, 6.45) is 5.10. The van der Waals surface area contributed by atoms with Crippen molar-refractivity contribution in [1.29, 1.82) is 0 Å². The minimum Gasteiger partial charge on any atom is -0.467 e. The molecule has 0 bridgehead atoms. The fourth-order valence-corrected chi connectivity index (χ4v) is 1.32. The molecule has 4 nitrogen and oxygen atoms in total. The fraction of sp³-hybridized carbons (Fsp3) is 0.231. The van der Waals surface area contributed by atoms with Crippen molar-refractivity contribution >= 4 is 11.9 Å². The molecule has 0 radical (unpaired) electrons. The van der Waals surface area contributed by atoms with E-state index in [0.717, 1.165) is 6.07 Å². The van der Waals surface area contributed by atoms with Gasteiger partial charge < -0.3 is 10.1 Å². The van der Waals surface area contributed by atoms with Crippen molar-refractivity contribution in [2.24, 2.45) is 0 Å². The van der Waals surface area contributed by atoms with E-state index in [1.807, 2.05) is 0 Å². The van der Waals surface area contributed by atoms with Crippen LogP contribution >= 0.6 is 0 Å². The lowest BCUT2D eigenvalue weighted by Gasteiger charge is -2.13. The molecule has 0 aliphatic rings. The van der Waals surface area contributed by atoms with Crippen LogP contribution in [0, 0.1) is 18.2 Å². The number of halogens is 1. The number of esters is 1. The van der Waals surface area contributed by atoms with Gasteiger partial charge in [-0.05, 0) is 18.2 Å². The topological polar surface area (TPSA) is 55.4 Å². The molecule has 0 heterocycles. The molecule has 0 aliphatic heterocycles. The molecule has 0 saturated heterocycles. The maximum atomic E-state index is 12.9. The molecule has 1 amide bonds. The van der Waals surface area contributed by atoms with Gasteiger partial charge in [-0.2, -0.15) is 0 Å². The minimum atomic E-state index is -0.934. The molecular weight excluding hydrogens is 237 g/mol. The highest BCUT2D eigenvalue weighted by molar-refractivity contribution is 5.96. The van der Waals surface area contributed by atoms with Gasteiger partial charge in [0.05, 0.1) is 7.11 Å². The van der Waals surface area contributed by atoms with Gasteiger partial charge in [0.25, 0.3) is 5.91 Å². The Balaban J connectivity index is 2.79. The van der Waals surface area contributed by atoms with Crippen molar-refractivity contribution < 1.29 is 18.7 Å². The first-order valence-electron chi connectivity index (χ1n) is 5.16. The predicted octanol–water partition coefficient (Wildman–Crippen LogP) is 1.12. The van der Waals surface area contributed by atoms with E-state index in [-0.39, 0.29) is 12.0 Å². The highest BCUT2D eigenvalue weighted by Crippen LogP contribution is 2.04. The highest BCUT2D eigenvalue weighted by Gasteiger charge is 2.21. The van der Waals surface area contributed by atoms with Crippen LogP contribution in [0.15, 0.2) is 24.3 Å². The molecule has 1 aromatic rings. The normalized spacial score (nSPS) is 11.2. The number of carbonyl (C=O) groups excluding carboxylic acids is 2. The monoisotopic (exact) mass is 249 g/mol. The van der Waals surface area contributed by atoms with Crippen molar-refractivity contribution in [3.63, 3.8) is 0 Å². The summed E-state index contributed by atoms with van der Waals surface area (Å²) in [5, 5.41) is 2.39. The Morgan fingerprint density at radius 1 is 1.56 bits per heavy atom. The van der Waals surface area contributed by atoms with Crippen molar-refractivity contribution in [3.8, 4) is 12.3 Å². The van der Waals surface area contributed by atoms with Crippen LogP contribution in [0.4, 0.5) is 4.39 Å². The van der Waals surface area contributed by atoms with Crippen LogP contribution in [0.2, 0.25) is 0 Å². The molecule has 0 saturated carbocycles. The lowest BCUT2D eigenvalue weighted by atomic mass is 10.1. The molecule has 5 heteroatoms. The van der Waals surface area contributed by atoms with Crippen molar-refractivity contribution in [1.82, 2.24) is 5.32 Å². The predicted molar refractivity (Wildman–Crippen MR) is 63.1 cm³/mol. The van der Waals surface area contributed by atoms with E-state index in [1.165, 1.54) is 25.3 Å². The summed E-state index contributed by atoms with van der Waals surface area (Å²) < 4.78 is 17.4. The molecule has 1 rings (SSSR count). The number of benzene rings is 1. The van der Waals surface area contributed by atoms with Crippen molar-refractivity contribution in [2.45, 2.75) is 12.5 Å². The first-order chi connectivity index (χ1) is 8.58. The third-order valence-corrected chi connectivity index (χ3v) is 2.20. The highest BCUT2D eigenvalue weighted by atomic mass is 19.1. The fourth-order valence-electron chi connectivity index (χ4n) is 1.32. The third-order valence-electron chi connectivity index (χ3n) is 2.20. The van der Waals surface area contributed by atoms with Crippen LogP contribution in [0.3, 0.4) is 0 Å². The number of terminal acetylenes is 1. The zero-order valence-corrected chi connectivity index (χ0v) is 9.77. The van der Waals surface area contributed by atoms with Crippen LogP contribution in [0.25, 0.3) is 0 Å². The van der Waals surface area contributed by atoms with E-state index in [0.29, 0.717) is 0 Å². The van der Waals surface area contributed by atoms with Gasteiger partial charge >= 0.3 is 5.97 Å². The van der Waals surface area contributed by atoms with E-state index in [4.69, 9.17) is 6.42 Å². The van der Waals surface area contributed by atoms with Gasteiger partial charge in [0.15, 0.2) is 0 Å². The summed E-state index contributed by atoms with van der Waals surface area (Å²) in [7, 11) is 1.19. The second kappa shape index (κ2) is 6.40. The summed E-state index contributed by atoms with van der Waals surface area (Å²) in [6.45, 7) is 0.